The molecule has 20 heavy (non-hydrogen) atoms. The summed E-state index contributed by atoms with van der Waals surface area (Å²) in [7, 11) is 0. The van der Waals surface area contributed by atoms with Crippen LogP contribution >= 0.6 is 0 Å². The van der Waals surface area contributed by atoms with Gasteiger partial charge in [-0.05, 0) is 17.9 Å². The first-order valence-corrected chi connectivity index (χ1v) is 6.59. The van der Waals surface area contributed by atoms with Crippen LogP contribution in [0, 0.1) is 0 Å². The smallest absolute Gasteiger partial charge is 0.375 e. The van der Waals surface area contributed by atoms with Gasteiger partial charge in [0.1, 0.15) is 0 Å². The zero-order valence-corrected chi connectivity index (χ0v) is 12.4. The molecule has 4 heteroatoms. The van der Waals surface area contributed by atoms with Crippen molar-refractivity contribution in [3.05, 3.63) is 35.4 Å². The molecule has 4 nitrogen and oxygen atoms in total. The highest BCUT2D eigenvalue weighted by atomic mass is 16.5. The molecule has 0 bridgehead atoms. The molecule has 0 aliphatic rings. The molecule has 0 N–H and O–H groups in total. The van der Waals surface area contributed by atoms with E-state index in [0.29, 0.717) is 5.56 Å². The topological polar surface area (TPSA) is 60.4 Å². The molecule has 108 valence electrons. The van der Waals surface area contributed by atoms with Crippen molar-refractivity contribution in [1.29, 1.82) is 0 Å². The van der Waals surface area contributed by atoms with E-state index in [4.69, 9.17) is 0 Å². The molecule has 0 atom stereocenters. The molecule has 0 aliphatic carbocycles. The van der Waals surface area contributed by atoms with Crippen molar-refractivity contribution in [2.24, 2.45) is 0 Å². The van der Waals surface area contributed by atoms with Crippen LogP contribution in [0.3, 0.4) is 0 Å². The lowest BCUT2D eigenvalue weighted by molar-refractivity contribution is -0.153. The third kappa shape index (κ3) is 4.30. The molecule has 0 aliphatic heterocycles. The standard InChI is InChI=1S/C16H20O4/c1-5-20-15(19)14(18)10-13(17)11-6-8-12(9-7-11)16(2,3)4/h6-9H,5,10H2,1-4H3. The number of hydrogen-bond acceptors (Lipinski definition) is 4. The minimum atomic E-state index is -0.952. The predicted octanol–water partition coefficient (Wildman–Crippen LogP) is 2.69. The van der Waals surface area contributed by atoms with Crippen molar-refractivity contribution in [2.45, 2.75) is 39.5 Å². The molecular weight excluding hydrogens is 256 g/mol. The Balaban J connectivity index is 2.74. The first-order valence-electron chi connectivity index (χ1n) is 6.59. The number of benzene rings is 1. The van der Waals surface area contributed by atoms with Crippen molar-refractivity contribution in [1.82, 2.24) is 0 Å². The van der Waals surface area contributed by atoms with E-state index < -0.39 is 18.2 Å². The molecule has 1 rings (SSSR count). The Labute approximate surface area is 119 Å². The fourth-order valence-electron chi connectivity index (χ4n) is 1.69. The second-order valence-corrected chi connectivity index (χ2v) is 5.57. The SMILES string of the molecule is CCOC(=O)C(=O)CC(=O)c1ccc(C(C)(C)C)cc1. The first kappa shape index (κ1) is 16.1. The zero-order chi connectivity index (χ0) is 15.3. The molecule has 0 aromatic heterocycles. The Bertz CT molecular complexity index is 506. The average molecular weight is 276 g/mol. The maximum atomic E-state index is 11.9. The summed E-state index contributed by atoms with van der Waals surface area (Å²) in [5.41, 5.74) is 1.53. The molecule has 0 saturated carbocycles. The molecule has 1 aromatic rings. The second-order valence-electron chi connectivity index (χ2n) is 5.57. The fourth-order valence-corrected chi connectivity index (χ4v) is 1.69. The molecule has 0 heterocycles. The largest absolute Gasteiger partial charge is 0.460 e. The van der Waals surface area contributed by atoms with Crippen LogP contribution in [-0.4, -0.2) is 24.1 Å². The number of ketones is 2. The lowest BCUT2D eigenvalue weighted by Gasteiger charge is -2.18. The van der Waals surface area contributed by atoms with E-state index in [1.165, 1.54) is 0 Å². The minimum Gasteiger partial charge on any atom is -0.460 e. The van der Waals surface area contributed by atoms with Crippen molar-refractivity contribution in [2.75, 3.05) is 6.61 Å². The minimum absolute atomic E-state index is 0.00231. The number of hydrogen-bond donors (Lipinski definition) is 0. The van der Waals surface area contributed by atoms with E-state index in [9.17, 15) is 14.4 Å². The summed E-state index contributed by atoms with van der Waals surface area (Å²) in [5.74, 6) is -2.13. The third-order valence-electron chi connectivity index (χ3n) is 2.90. The van der Waals surface area contributed by atoms with E-state index in [-0.39, 0.29) is 17.8 Å². The first-order chi connectivity index (χ1) is 9.25. The van der Waals surface area contributed by atoms with Crippen LogP contribution in [0.1, 0.15) is 50.0 Å². The van der Waals surface area contributed by atoms with Crippen molar-refractivity contribution < 1.29 is 19.1 Å². The second kappa shape index (κ2) is 6.46. The van der Waals surface area contributed by atoms with Crippen molar-refractivity contribution >= 4 is 17.5 Å². The number of Topliss-reactive ketones (excluding diaryl/α,β-unsaturated/α-hetero) is 2. The predicted molar refractivity (Wildman–Crippen MR) is 75.7 cm³/mol. The van der Waals surface area contributed by atoms with Crippen LogP contribution in [0.25, 0.3) is 0 Å². The van der Waals surface area contributed by atoms with Crippen LogP contribution in [-0.2, 0) is 19.7 Å². The molecule has 0 saturated heterocycles. The van der Waals surface area contributed by atoms with Crippen LogP contribution in [0.2, 0.25) is 0 Å². The Kier molecular flexibility index (Phi) is 5.19. The fraction of sp³-hybridized carbons (Fsp3) is 0.438. The van der Waals surface area contributed by atoms with Gasteiger partial charge in [-0.15, -0.1) is 0 Å². The van der Waals surface area contributed by atoms with E-state index in [1.807, 2.05) is 12.1 Å². The molecule has 0 radical (unpaired) electrons. The highest BCUT2D eigenvalue weighted by Gasteiger charge is 2.20. The highest BCUT2D eigenvalue weighted by Crippen LogP contribution is 2.22. The highest BCUT2D eigenvalue weighted by molar-refractivity contribution is 6.38. The van der Waals surface area contributed by atoms with Gasteiger partial charge < -0.3 is 4.74 Å². The summed E-state index contributed by atoms with van der Waals surface area (Å²) in [6.07, 6.45) is -0.451. The summed E-state index contributed by atoms with van der Waals surface area (Å²) in [5, 5.41) is 0. The number of rotatable bonds is 5. The lowest BCUT2D eigenvalue weighted by atomic mass is 9.86. The number of esters is 1. The molecular formula is C16H20O4. The van der Waals surface area contributed by atoms with Gasteiger partial charge >= 0.3 is 5.97 Å². The van der Waals surface area contributed by atoms with Crippen LogP contribution < -0.4 is 0 Å². The van der Waals surface area contributed by atoms with Gasteiger partial charge in [0, 0.05) is 5.56 Å². The summed E-state index contributed by atoms with van der Waals surface area (Å²) >= 11 is 0. The van der Waals surface area contributed by atoms with Crippen LogP contribution in [0.15, 0.2) is 24.3 Å². The van der Waals surface area contributed by atoms with Gasteiger partial charge in [0.05, 0.1) is 13.0 Å². The monoisotopic (exact) mass is 276 g/mol. The van der Waals surface area contributed by atoms with Gasteiger partial charge in [-0.2, -0.15) is 0 Å². The zero-order valence-electron chi connectivity index (χ0n) is 12.4. The average Bonchev–Trinajstić information content (AvgIpc) is 2.38. The third-order valence-corrected chi connectivity index (χ3v) is 2.90. The Hall–Kier alpha value is -1.97. The van der Waals surface area contributed by atoms with Crippen LogP contribution in [0.4, 0.5) is 0 Å². The van der Waals surface area contributed by atoms with Gasteiger partial charge in [0.2, 0.25) is 5.78 Å². The normalized spacial score (nSPS) is 11.0. The Morgan fingerprint density at radius 1 is 1.05 bits per heavy atom. The van der Waals surface area contributed by atoms with Gasteiger partial charge in [0.25, 0.3) is 0 Å². The van der Waals surface area contributed by atoms with E-state index in [1.54, 1.807) is 19.1 Å². The lowest BCUT2D eigenvalue weighted by Crippen LogP contribution is -2.20. The number of carbonyl (C=O) groups excluding carboxylic acids is 3. The molecule has 0 unspecified atom stereocenters. The summed E-state index contributed by atoms with van der Waals surface area (Å²) in [6, 6.07) is 7.09. The maximum absolute atomic E-state index is 11.9. The molecule has 0 amide bonds. The maximum Gasteiger partial charge on any atom is 0.375 e. The Morgan fingerprint density at radius 2 is 1.60 bits per heavy atom. The molecule has 1 aromatic carbocycles. The summed E-state index contributed by atoms with van der Waals surface area (Å²) in [6.45, 7) is 7.97. The molecule has 0 fully saturated rings. The van der Waals surface area contributed by atoms with E-state index >= 15 is 0 Å². The molecule has 0 spiro atoms. The van der Waals surface area contributed by atoms with Crippen LogP contribution in [0.5, 0.6) is 0 Å². The number of carbonyl (C=O) groups is 3. The van der Waals surface area contributed by atoms with E-state index in [2.05, 4.69) is 25.5 Å². The van der Waals surface area contributed by atoms with Crippen molar-refractivity contribution in [3.8, 4) is 0 Å². The van der Waals surface area contributed by atoms with Crippen molar-refractivity contribution in [3.63, 3.8) is 0 Å². The van der Waals surface area contributed by atoms with Gasteiger partial charge in [0.15, 0.2) is 5.78 Å². The van der Waals surface area contributed by atoms with Gasteiger partial charge in [-0.3, -0.25) is 9.59 Å². The number of ether oxygens (including phenoxy) is 1. The quantitative estimate of drug-likeness (QED) is 0.359. The van der Waals surface area contributed by atoms with E-state index in [0.717, 1.165) is 5.56 Å². The van der Waals surface area contributed by atoms with Gasteiger partial charge in [-0.25, -0.2) is 4.79 Å². The summed E-state index contributed by atoms with van der Waals surface area (Å²) in [4.78, 5) is 34.5. The van der Waals surface area contributed by atoms with Gasteiger partial charge in [-0.1, -0.05) is 45.0 Å². The summed E-state index contributed by atoms with van der Waals surface area (Å²) < 4.78 is 4.56. The Morgan fingerprint density at radius 3 is 2.05 bits per heavy atom.